The standard InChI is InChI=1S/C25H32N4O3.HI/c1-3-16-31-23-7-5-4-6-20(23)17-28-25(26-2)27-15-14-19-8-12-22(13-9-19)32-18-24(30)29-21-10-11-21;/h3-9,12-13,21H,1,10-11,14-18H2,2H3,(H,29,30)(H2,26,27,28);1H. The molecule has 0 heterocycles. The fourth-order valence-electron chi connectivity index (χ4n) is 3.06. The van der Waals surface area contributed by atoms with Crippen molar-refractivity contribution in [3.63, 3.8) is 0 Å². The Kier molecular flexibility index (Phi) is 11.6. The monoisotopic (exact) mass is 564 g/mol. The highest BCUT2D eigenvalue weighted by atomic mass is 127. The normalized spacial score (nSPS) is 12.8. The summed E-state index contributed by atoms with van der Waals surface area (Å²) in [7, 11) is 1.75. The predicted octanol–water partition coefficient (Wildman–Crippen LogP) is 3.43. The van der Waals surface area contributed by atoms with Crippen LogP contribution in [0.25, 0.3) is 0 Å². The number of hydrogen-bond acceptors (Lipinski definition) is 4. The van der Waals surface area contributed by atoms with E-state index in [1.54, 1.807) is 13.1 Å². The molecule has 2 aromatic rings. The van der Waals surface area contributed by atoms with Gasteiger partial charge >= 0.3 is 0 Å². The first kappa shape index (κ1) is 26.5. The number of carbonyl (C=O) groups is 1. The molecule has 1 saturated carbocycles. The Morgan fingerprint density at radius 3 is 2.58 bits per heavy atom. The van der Waals surface area contributed by atoms with Crippen LogP contribution >= 0.6 is 24.0 Å². The second-order valence-electron chi connectivity index (χ2n) is 7.58. The van der Waals surface area contributed by atoms with Crippen LogP contribution in [0.5, 0.6) is 11.5 Å². The van der Waals surface area contributed by atoms with Crippen molar-refractivity contribution in [3.05, 3.63) is 72.3 Å². The summed E-state index contributed by atoms with van der Waals surface area (Å²) < 4.78 is 11.2. The summed E-state index contributed by atoms with van der Waals surface area (Å²) in [6.07, 6.45) is 4.72. The predicted molar refractivity (Wildman–Crippen MR) is 143 cm³/mol. The van der Waals surface area contributed by atoms with Gasteiger partial charge in [-0.3, -0.25) is 9.79 Å². The number of nitrogens with one attached hydrogen (secondary N) is 3. The Labute approximate surface area is 213 Å². The van der Waals surface area contributed by atoms with Gasteiger partial charge in [-0.2, -0.15) is 0 Å². The van der Waals surface area contributed by atoms with E-state index in [0.29, 0.717) is 24.9 Å². The third-order valence-corrected chi connectivity index (χ3v) is 4.94. The van der Waals surface area contributed by atoms with E-state index in [1.165, 1.54) is 5.56 Å². The molecule has 0 aromatic heterocycles. The van der Waals surface area contributed by atoms with Crippen molar-refractivity contribution in [1.29, 1.82) is 0 Å². The highest BCUT2D eigenvalue weighted by Crippen LogP contribution is 2.19. The Bertz CT molecular complexity index is 914. The smallest absolute Gasteiger partial charge is 0.258 e. The Balaban J connectivity index is 0.00000385. The van der Waals surface area contributed by atoms with Gasteiger partial charge in [-0.25, -0.2) is 0 Å². The third-order valence-electron chi connectivity index (χ3n) is 4.94. The average molecular weight is 564 g/mol. The van der Waals surface area contributed by atoms with E-state index in [4.69, 9.17) is 9.47 Å². The fourth-order valence-corrected chi connectivity index (χ4v) is 3.06. The molecule has 3 rings (SSSR count). The second kappa shape index (κ2) is 14.4. The van der Waals surface area contributed by atoms with E-state index in [1.807, 2.05) is 48.5 Å². The zero-order valence-electron chi connectivity index (χ0n) is 19.0. The highest BCUT2D eigenvalue weighted by molar-refractivity contribution is 14.0. The van der Waals surface area contributed by atoms with Crippen LogP contribution in [0, 0.1) is 0 Å². The van der Waals surface area contributed by atoms with Crippen LogP contribution in [0.4, 0.5) is 0 Å². The van der Waals surface area contributed by atoms with Crippen molar-refractivity contribution in [2.24, 2.45) is 4.99 Å². The highest BCUT2D eigenvalue weighted by Gasteiger charge is 2.23. The largest absolute Gasteiger partial charge is 0.489 e. The lowest BCUT2D eigenvalue weighted by Gasteiger charge is -2.14. The van der Waals surface area contributed by atoms with Gasteiger partial charge in [0.05, 0.1) is 0 Å². The van der Waals surface area contributed by atoms with Gasteiger partial charge in [0.15, 0.2) is 12.6 Å². The lowest BCUT2D eigenvalue weighted by molar-refractivity contribution is -0.123. The third kappa shape index (κ3) is 9.73. The van der Waals surface area contributed by atoms with Crippen LogP contribution in [0.15, 0.2) is 66.2 Å². The summed E-state index contributed by atoms with van der Waals surface area (Å²) in [5, 5.41) is 9.56. The zero-order valence-corrected chi connectivity index (χ0v) is 21.3. The molecule has 7 nitrogen and oxygen atoms in total. The van der Waals surface area contributed by atoms with E-state index in [-0.39, 0.29) is 36.5 Å². The molecule has 0 radical (unpaired) electrons. The van der Waals surface area contributed by atoms with Crippen LogP contribution in [0.3, 0.4) is 0 Å². The van der Waals surface area contributed by atoms with Gasteiger partial charge in [-0.1, -0.05) is 43.0 Å². The topological polar surface area (TPSA) is 84.0 Å². The molecule has 0 aliphatic heterocycles. The summed E-state index contributed by atoms with van der Waals surface area (Å²) in [5.74, 6) is 2.20. The maximum atomic E-state index is 11.7. The number of ether oxygens (including phenoxy) is 2. The summed E-state index contributed by atoms with van der Waals surface area (Å²) >= 11 is 0. The zero-order chi connectivity index (χ0) is 22.6. The van der Waals surface area contributed by atoms with E-state index in [2.05, 4.69) is 27.5 Å². The molecule has 33 heavy (non-hydrogen) atoms. The molecule has 1 aliphatic rings. The number of carbonyl (C=O) groups excluding carboxylic acids is 1. The first-order chi connectivity index (χ1) is 15.7. The number of rotatable bonds is 12. The number of benzene rings is 2. The van der Waals surface area contributed by atoms with Crippen molar-refractivity contribution in [2.45, 2.75) is 31.8 Å². The molecule has 0 unspecified atom stereocenters. The SMILES string of the molecule is C=CCOc1ccccc1CNC(=NC)NCCc1ccc(OCC(=O)NC2CC2)cc1.I. The van der Waals surface area contributed by atoms with Crippen LogP contribution in [-0.4, -0.2) is 44.7 Å². The quantitative estimate of drug-likeness (QED) is 0.159. The molecular weight excluding hydrogens is 531 g/mol. The van der Waals surface area contributed by atoms with Gasteiger partial charge in [0.1, 0.15) is 18.1 Å². The van der Waals surface area contributed by atoms with Gasteiger partial charge in [0.25, 0.3) is 5.91 Å². The van der Waals surface area contributed by atoms with Crippen LogP contribution in [0.2, 0.25) is 0 Å². The molecule has 1 aliphatic carbocycles. The molecule has 1 amide bonds. The molecule has 0 spiro atoms. The summed E-state index contributed by atoms with van der Waals surface area (Å²) in [6.45, 7) is 5.56. The Morgan fingerprint density at radius 2 is 1.88 bits per heavy atom. The number of para-hydroxylation sites is 1. The summed E-state index contributed by atoms with van der Waals surface area (Å²) in [5.41, 5.74) is 2.23. The minimum Gasteiger partial charge on any atom is -0.489 e. The minimum atomic E-state index is -0.0606. The number of amides is 1. The van der Waals surface area contributed by atoms with Gasteiger partial charge in [-0.05, 0) is 43.0 Å². The first-order valence-corrected chi connectivity index (χ1v) is 10.9. The molecule has 0 bridgehead atoms. The first-order valence-electron chi connectivity index (χ1n) is 10.9. The maximum absolute atomic E-state index is 11.7. The molecule has 2 aromatic carbocycles. The van der Waals surface area contributed by atoms with Crippen molar-refractivity contribution in [2.75, 3.05) is 26.8 Å². The lowest BCUT2D eigenvalue weighted by Crippen LogP contribution is -2.37. The molecule has 8 heteroatoms. The Hall–Kier alpha value is -2.75. The minimum absolute atomic E-state index is 0. The molecule has 0 atom stereocenters. The lowest BCUT2D eigenvalue weighted by atomic mass is 10.1. The van der Waals surface area contributed by atoms with E-state index in [0.717, 1.165) is 43.1 Å². The number of halogens is 1. The fraction of sp³-hybridized carbons (Fsp3) is 0.360. The van der Waals surface area contributed by atoms with Crippen molar-refractivity contribution < 1.29 is 14.3 Å². The van der Waals surface area contributed by atoms with Crippen LogP contribution in [-0.2, 0) is 17.8 Å². The number of aliphatic imine (C=N–C) groups is 1. The van der Waals surface area contributed by atoms with Crippen LogP contribution < -0.4 is 25.4 Å². The number of nitrogens with zero attached hydrogens (tertiary/aromatic N) is 1. The average Bonchev–Trinajstić information content (AvgIpc) is 3.64. The second-order valence-corrected chi connectivity index (χ2v) is 7.58. The van der Waals surface area contributed by atoms with Crippen LogP contribution in [0.1, 0.15) is 24.0 Å². The van der Waals surface area contributed by atoms with Gasteiger partial charge in [0.2, 0.25) is 0 Å². The molecule has 0 saturated heterocycles. The van der Waals surface area contributed by atoms with Gasteiger partial charge in [-0.15, -0.1) is 24.0 Å². The van der Waals surface area contributed by atoms with Gasteiger partial charge in [0, 0.05) is 31.7 Å². The molecule has 3 N–H and O–H groups in total. The van der Waals surface area contributed by atoms with Crippen molar-refractivity contribution in [1.82, 2.24) is 16.0 Å². The molecule has 1 fully saturated rings. The van der Waals surface area contributed by atoms with E-state index in [9.17, 15) is 4.79 Å². The van der Waals surface area contributed by atoms with E-state index < -0.39 is 0 Å². The maximum Gasteiger partial charge on any atom is 0.258 e. The number of hydrogen-bond donors (Lipinski definition) is 3. The van der Waals surface area contributed by atoms with E-state index >= 15 is 0 Å². The Morgan fingerprint density at radius 1 is 1.12 bits per heavy atom. The van der Waals surface area contributed by atoms with Crippen molar-refractivity contribution >= 4 is 35.8 Å². The summed E-state index contributed by atoms with van der Waals surface area (Å²) in [6, 6.07) is 16.1. The summed E-state index contributed by atoms with van der Waals surface area (Å²) in [4.78, 5) is 16.0. The van der Waals surface area contributed by atoms with Gasteiger partial charge < -0.3 is 25.4 Å². The number of guanidine groups is 1. The molecular formula is C25H33IN4O3. The van der Waals surface area contributed by atoms with Crippen molar-refractivity contribution in [3.8, 4) is 11.5 Å². The molecule has 178 valence electrons.